The van der Waals surface area contributed by atoms with Gasteiger partial charge in [0, 0.05) is 23.7 Å². The summed E-state index contributed by atoms with van der Waals surface area (Å²) in [5.74, 6) is 1.27. The standard InChI is InChI=1S/C14H21N3O2/c1-8(11-4-5-11)16-13(18)7-6-12-9(2)15-10(3)17-14(12)19/h8,11H,4-7H2,1-3H3,(H,16,18)(H,15,17,19). The quantitative estimate of drug-likeness (QED) is 0.839. The topological polar surface area (TPSA) is 74.8 Å². The predicted octanol–water partition coefficient (Wildman–Crippen LogP) is 1.23. The maximum Gasteiger partial charge on any atom is 0.254 e. The van der Waals surface area contributed by atoms with Crippen LogP contribution in [0.3, 0.4) is 0 Å². The van der Waals surface area contributed by atoms with Crippen molar-refractivity contribution < 1.29 is 4.79 Å². The average molecular weight is 263 g/mol. The zero-order chi connectivity index (χ0) is 14.0. The zero-order valence-electron chi connectivity index (χ0n) is 11.7. The molecule has 1 aromatic heterocycles. The second-order valence-electron chi connectivity index (χ2n) is 5.41. The molecule has 1 aliphatic rings. The van der Waals surface area contributed by atoms with Crippen LogP contribution in [0, 0.1) is 19.8 Å². The maximum absolute atomic E-state index is 11.8. The number of aromatic amines is 1. The molecule has 1 saturated carbocycles. The van der Waals surface area contributed by atoms with Crippen molar-refractivity contribution in [2.75, 3.05) is 0 Å². The van der Waals surface area contributed by atoms with Crippen LogP contribution >= 0.6 is 0 Å². The molecule has 0 aliphatic heterocycles. The minimum atomic E-state index is -0.131. The molecule has 5 nitrogen and oxygen atoms in total. The van der Waals surface area contributed by atoms with E-state index in [2.05, 4.69) is 15.3 Å². The highest BCUT2D eigenvalue weighted by Gasteiger charge is 2.28. The van der Waals surface area contributed by atoms with E-state index in [1.807, 2.05) is 13.8 Å². The van der Waals surface area contributed by atoms with Crippen LogP contribution < -0.4 is 10.9 Å². The monoisotopic (exact) mass is 263 g/mol. The highest BCUT2D eigenvalue weighted by molar-refractivity contribution is 5.76. The van der Waals surface area contributed by atoms with Crippen LogP contribution in [0.15, 0.2) is 4.79 Å². The Bertz CT molecular complexity index is 532. The number of aryl methyl sites for hydroxylation is 2. The SMILES string of the molecule is Cc1nc(C)c(CCC(=O)NC(C)C2CC2)c(=O)[nH]1. The van der Waals surface area contributed by atoms with Gasteiger partial charge >= 0.3 is 0 Å². The smallest absolute Gasteiger partial charge is 0.254 e. The lowest BCUT2D eigenvalue weighted by Crippen LogP contribution is -2.34. The molecule has 2 rings (SSSR count). The Balaban J connectivity index is 1.91. The van der Waals surface area contributed by atoms with Crippen LogP contribution in [0.5, 0.6) is 0 Å². The number of nitrogens with zero attached hydrogens (tertiary/aromatic N) is 1. The molecular weight excluding hydrogens is 242 g/mol. The van der Waals surface area contributed by atoms with E-state index in [9.17, 15) is 9.59 Å². The number of amides is 1. The number of carbonyl (C=O) groups excluding carboxylic acids is 1. The Morgan fingerprint density at radius 3 is 2.74 bits per heavy atom. The first kappa shape index (κ1) is 13.8. The normalized spacial score (nSPS) is 16.2. The summed E-state index contributed by atoms with van der Waals surface area (Å²) in [4.78, 5) is 30.5. The first-order valence-electron chi connectivity index (χ1n) is 6.83. The van der Waals surface area contributed by atoms with Crippen molar-refractivity contribution in [1.82, 2.24) is 15.3 Å². The molecule has 0 radical (unpaired) electrons. The number of hydrogen-bond donors (Lipinski definition) is 2. The van der Waals surface area contributed by atoms with Crippen LogP contribution in [0.25, 0.3) is 0 Å². The van der Waals surface area contributed by atoms with Gasteiger partial charge in [0.25, 0.3) is 5.56 Å². The Morgan fingerprint density at radius 1 is 1.47 bits per heavy atom. The van der Waals surface area contributed by atoms with Gasteiger partial charge in [0.1, 0.15) is 5.82 Å². The first-order chi connectivity index (χ1) is 8.97. The molecule has 2 N–H and O–H groups in total. The lowest BCUT2D eigenvalue weighted by molar-refractivity contribution is -0.121. The first-order valence-corrected chi connectivity index (χ1v) is 6.83. The molecule has 5 heteroatoms. The summed E-state index contributed by atoms with van der Waals surface area (Å²) in [7, 11) is 0. The van der Waals surface area contributed by atoms with E-state index in [0.717, 1.165) is 0 Å². The van der Waals surface area contributed by atoms with Gasteiger partial charge in [-0.2, -0.15) is 0 Å². The Kier molecular flexibility index (Phi) is 4.02. The van der Waals surface area contributed by atoms with Crippen LogP contribution in [-0.4, -0.2) is 21.9 Å². The van der Waals surface area contributed by atoms with Gasteiger partial charge in [0.15, 0.2) is 0 Å². The van der Waals surface area contributed by atoms with Crippen molar-refractivity contribution in [3.8, 4) is 0 Å². The number of aromatic nitrogens is 2. The van der Waals surface area contributed by atoms with Crippen molar-refractivity contribution in [2.24, 2.45) is 5.92 Å². The molecule has 0 bridgehead atoms. The van der Waals surface area contributed by atoms with E-state index in [0.29, 0.717) is 35.8 Å². The number of H-pyrrole nitrogens is 1. The second kappa shape index (κ2) is 5.55. The minimum Gasteiger partial charge on any atom is -0.353 e. The van der Waals surface area contributed by atoms with Crippen molar-refractivity contribution >= 4 is 5.91 Å². The van der Waals surface area contributed by atoms with Crippen molar-refractivity contribution in [1.29, 1.82) is 0 Å². The summed E-state index contributed by atoms with van der Waals surface area (Å²) >= 11 is 0. The minimum absolute atomic E-state index is 0.0128. The van der Waals surface area contributed by atoms with Gasteiger partial charge in [0.05, 0.1) is 0 Å². The van der Waals surface area contributed by atoms with Gasteiger partial charge in [-0.25, -0.2) is 4.98 Å². The second-order valence-corrected chi connectivity index (χ2v) is 5.41. The van der Waals surface area contributed by atoms with Gasteiger partial charge in [-0.05, 0) is 46.0 Å². The van der Waals surface area contributed by atoms with Gasteiger partial charge in [0.2, 0.25) is 5.91 Å². The molecule has 1 fully saturated rings. The summed E-state index contributed by atoms with van der Waals surface area (Å²) in [5, 5.41) is 2.99. The van der Waals surface area contributed by atoms with E-state index in [-0.39, 0.29) is 17.5 Å². The summed E-state index contributed by atoms with van der Waals surface area (Å²) in [6.45, 7) is 5.60. The number of carbonyl (C=O) groups is 1. The molecule has 19 heavy (non-hydrogen) atoms. The molecule has 1 unspecified atom stereocenters. The van der Waals surface area contributed by atoms with Gasteiger partial charge < -0.3 is 10.3 Å². The molecule has 1 aliphatic carbocycles. The summed E-state index contributed by atoms with van der Waals surface area (Å²) in [6, 6.07) is 0.253. The lowest BCUT2D eigenvalue weighted by Gasteiger charge is -2.12. The van der Waals surface area contributed by atoms with E-state index in [1.165, 1.54) is 12.8 Å². The third-order valence-electron chi connectivity index (χ3n) is 3.66. The van der Waals surface area contributed by atoms with Crippen LogP contribution in [0.2, 0.25) is 0 Å². The Hall–Kier alpha value is -1.65. The van der Waals surface area contributed by atoms with Crippen LogP contribution in [-0.2, 0) is 11.2 Å². The van der Waals surface area contributed by atoms with E-state index in [4.69, 9.17) is 0 Å². The molecule has 104 valence electrons. The van der Waals surface area contributed by atoms with Crippen molar-refractivity contribution in [3.63, 3.8) is 0 Å². The molecule has 1 amide bonds. The predicted molar refractivity (Wildman–Crippen MR) is 73.0 cm³/mol. The molecule has 1 heterocycles. The highest BCUT2D eigenvalue weighted by Crippen LogP contribution is 2.32. The molecule has 0 aromatic carbocycles. The Labute approximate surface area is 112 Å². The average Bonchev–Trinajstić information content (AvgIpc) is 3.10. The fraction of sp³-hybridized carbons (Fsp3) is 0.643. The van der Waals surface area contributed by atoms with Crippen LogP contribution in [0.1, 0.15) is 43.3 Å². The summed E-state index contributed by atoms with van der Waals surface area (Å²) < 4.78 is 0. The maximum atomic E-state index is 11.8. The van der Waals surface area contributed by atoms with E-state index >= 15 is 0 Å². The Morgan fingerprint density at radius 2 is 2.16 bits per heavy atom. The molecule has 1 aromatic rings. The molecular formula is C14H21N3O2. The van der Waals surface area contributed by atoms with Gasteiger partial charge in [-0.15, -0.1) is 0 Å². The van der Waals surface area contributed by atoms with Gasteiger partial charge in [-0.1, -0.05) is 0 Å². The fourth-order valence-corrected chi connectivity index (χ4v) is 2.32. The fourth-order valence-electron chi connectivity index (χ4n) is 2.32. The molecule has 1 atom stereocenters. The highest BCUT2D eigenvalue weighted by atomic mass is 16.1. The third kappa shape index (κ3) is 3.66. The number of hydrogen-bond acceptors (Lipinski definition) is 3. The zero-order valence-corrected chi connectivity index (χ0v) is 11.7. The van der Waals surface area contributed by atoms with E-state index < -0.39 is 0 Å². The molecule has 0 spiro atoms. The van der Waals surface area contributed by atoms with Crippen molar-refractivity contribution in [2.45, 2.75) is 52.5 Å². The molecule has 0 saturated heterocycles. The number of rotatable bonds is 5. The van der Waals surface area contributed by atoms with Crippen molar-refractivity contribution in [3.05, 3.63) is 27.4 Å². The third-order valence-corrected chi connectivity index (χ3v) is 3.66. The summed E-state index contributed by atoms with van der Waals surface area (Å²) in [5.41, 5.74) is 1.19. The largest absolute Gasteiger partial charge is 0.353 e. The van der Waals surface area contributed by atoms with Crippen LogP contribution in [0.4, 0.5) is 0 Å². The van der Waals surface area contributed by atoms with Gasteiger partial charge in [-0.3, -0.25) is 9.59 Å². The summed E-state index contributed by atoms with van der Waals surface area (Å²) in [6.07, 6.45) is 3.20. The van der Waals surface area contributed by atoms with E-state index in [1.54, 1.807) is 6.92 Å². The lowest BCUT2D eigenvalue weighted by atomic mass is 10.1. The number of nitrogens with one attached hydrogen (secondary N) is 2.